The number of carbonyl (C=O) groups is 1. The van der Waals surface area contributed by atoms with Gasteiger partial charge in [0.15, 0.2) is 23.0 Å². The number of aryl methyl sites for hydroxylation is 1. The molecule has 0 saturated carbocycles. The van der Waals surface area contributed by atoms with Crippen LogP contribution in [0.5, 0.6) is 0 Å². The van der Waals surface area contributed by atoms with Gasteiger partial charge in [-0.25, -0.2) is 9.97 Å². The van der Waals surface area contributed by atoms with E-state index in [1.807, 2.05) is 37.4 Å². The minimum Gasteiger partial charge on any atom is -0.443 e. The summed E-state index contributed by atoms with van der Waals surface area (Å²) in [6.45, 7) is 4.08. The lowest BCUT2D eigenvalue weighted by Gasteiger charge is -2.20. The van der Waals surface area contributed by atoms with Crippen LogP contribution >= 0.6 is 23.7 Å². The van der Waals surface area contributed by atoms with Gasteiger partial charge in [0.2, 0.25) is 0 Å². The summed E-state index contributed by atoms with van der Waals surface area (Å²) in [4.78, 5) is 22.3. The Bertz CT molecular complexity index is 901. The molecular weight excluding hydrogens is 384 g/mol. The van der Waals surface area contributed by atoms with E-state index in [-0.39, 0.29) is 24.0 Å². The average Bonchev–Trinajstić information content (AvgIpc) is 3.33. The van der Waals surface area contributed by atoms with Crippen LogP contribution in [-0.2, 0) is 0 Å². The number of nitrogens with one attached hydrogen (secondary N) is 2. The summed E-state index contributed by atoms with van der Waals surface area (Å²) in [6.07, 6.45) is 5.39. The Hall–Kier alpha value is -2.22. The Morgan fingerprint density at radius 3 is 2.70 bits per heavy atom. The molecule has 1 aromatic carbocycles. The van der Waals surface area contributed by atoms with Crippen LogP contribution in [-0.4, -0.2) is 29.0 Å². The van der Waals surface area contributed by atoms with Gasteiger partial charge < -0.3 is 9.73 Å². The van der Waals surface area contributed by atoms with Gasteiger partial charge in [0.05, 0.1) is 0 Å². The van der Waals surface area contributed by atoms with Crippen LogP contribution in [0, 0.1) is 6.92 Å². The van der Waals surface area contributed by atoms with Crippen molar-refractivity contribution in [3.8, 4) is 11.3 Å². The van der Waals surface area contributed by atoms with Crippen LogP contribution in [0.3, 0.4) is 0 Å². The van der Waals surface area contributed by atoms with E-state index in [1.165, 1.54) is 22.6 Å². The summed E-state index contributed by atoms with van der Waals surface area (Å²) in [6, 6.07) is 7.80. The quantitative estimate of drug-likeness (QED) is 0.679. The third-order valence-corrected chi connectivity index (χ3v) is 5.66. The van der Waals surface area contributed by atoms with Gasteiger partial charge in [-0.3, -0.25) is 10.1 Å². The normalized spacial score (nSPS) is 14.6. The molecule has 1 fully saturated rings. The van der Waals surface area contributed by atoms with E-state index in [9.17, 15) is 4.79 Å². The maximum absolute atomic E-state index is 12.6. The molecule has 0 aliphatic carbocycles. The molecule has 1 aliphatic rings. The molecule has 0 unspecified atom stereocenters. The second kappa shape index (κ2) is 8.65. The first kappa shape index (κ1) is 19.5. The van der Waals surface area contributed by atoms with Gasteiger partial charge >= 0.3 is 0 Å². The highest BCUT2D eigenvalue weighted by Gasteiger charge is 2.21. The van der Waals surface area contributed by atoms with Crippen molar-refractivity contribution in [2.75, 3.05) is 18.4 Å². The number of anilines is 1. The van der Waals surface area contributed by atoms with E-state index in [0.29, 0.717) is 16.8 Å². The first-order chi connectivity index (χ1) is 12.7. The highest BCUT2D eigenvalue weighted by atomic mass is 35.5. The van der Waals surface area contributed by atoms with Gasteiger partial charge in [0.1, 0.15) is 0 Å². The number of rotatable bonds is 4. The van der Waals surface area contributed by atoms with Crippen LogP contribution in [0.15, 0.2) is 41.3 Å². The first-order valence-corrected chi connectivity index (χ1v) is 9.50. The summed E-state index contributed by atoms with van der Waals surface area (Å²) in [5.41, 5.74) is 2.24. The van der Waals surface area contributed by atoms with Crippen LogP contribution in [0.2, 0.25) is 0 Å². The highest BCUT2D eigenvalue weighted by Crippen LogP contribution is 2.32. The predicted molar refractivity (Wildman–Crippen MR) is 109 cm³/mol. The van der Waals surface area contributed by atoms with E-state index in [4.69, 9.17) is 4.42 Å². The number of oxazole rings is 1. The summed E-state index contributed by atoms with van der Waals surface area (Å²) < 4.78 is 5.45. The summed E-state index contributed by atoms with van der Waals surface area (Å²) in [5.74, 6) is 0.688. The zero-order valence-corrected chi connectivity index (χ0v) is 16.5. The van der Waals surface area contributed by atoms with Gasteiger partial charge in [-0.05, 0) is 38.8 Å². The third-order valence-electron chi connectivity index (χ3n) is 4.58. The number of benzene rings is 1. The molecule has 3 heterocycles. The maximum Gasteiger partial charge on any atom is 0.280 e. The van der Waals surface area contributed by atoms with Crippen LogP contribution in [0.25, 0.3) is 11.3 Å². The van der Waals surface area contributed by atoms with Gasteiger partial charge in [0.25, 0.3) is 5.91 Å². The molecule has 8 heteroatoms. The number of thiazole rings is 1. The highest BCUT2D eigenvalue weighted by molar-refractivity contribution is 7.15. The molecule has 1 saturated heterocycles. The Morgan fingerprint density at radius 2 is 1.96 bits per heavy atom. The van der Waals surface area contributed by atoms with E-state index in [1.54, 1.807) is 0 Å². The molecule has 27 heavy (non-hydrogen) atoms. The fraction of sp³-hybridized carbons (Fsp3) is 0.316. The summed E-state index contributed by atoms with van der Waals surface area (Å²) in [7, 11) is 0. The molecule has 0 radical (unpaired) electrons. The standard InChI is InChI=1S/C19H20N4O2S.ClH/c1-12-2-4-14(5-3-12)17-16(22-11-25-17)18(24)23-19-21-10-15(26-19)13-6-8-20-9-7-13;/h2-5,10-11,13,20H,6-9H2,1H3,(H,21,23,24);1H. The lowest BCUT2D eigenvalue weighted by Crippen LogP contribution is -2.26. The average molecular weight is 405 g/mol. The number of halogens is 1. The minimum atomic E-state index is -0.305. The van der Waals surface area contributed by atoms with Gasteiger partial charge in [-0.2, -0.15) is 0 Å². The molecular formula is C19H21ClN4O2S. The molecule has 2 aromatic heterocycles. The Labute approximate surface area is 167 Å². The van der Waals surface area contributed by atoms with Gasteiger partial charge in [-0.1, -0.05) is 29.8 Å². The van der Waals surface area contributed by atoms with Gasteiger partial charge in [-0.15, -0.1) is 23.7 Å². The molecule has 6 nitrogen and oxygen atoms in total. The van der Waals surface area contributed by atoms with Crippen molar-refractivity contribution in [2.45, 2.75) is 25.7 Å². The lowest BCUT2D eigenvalue weighted by atomic mass is 9.97. The topological polar surface area (TPSA) is 80.1 Å². The Morgan fingerprint density at radius 1 is 1.22 bits per heavy atom. The zero-order valence-electron chi connectivity index (χ0n) is 14.9. The molecule has 1 aliphatic heterocycles. The summed E-state index contributed by atoms with van der Waals surface area (Å²) in [5, 5.41) is 6.82. The number of piperidine rings is 1. The molecule has 4 rings (SSSR count). The number of hydrogen-bond donors (Lipinski definition) is 2. The zero-order chi connectivity index (χ0) is 17.9. The van der Waals surface area contributed by atoms with Crippen molar-refractivity contribution in [2.24, 2.45) is 0 Å². The number of amides is 1. The van der Waals surface area contributed by atoms with E-state index in [0.717, 1.165) is 37.1 Å². The number of hydrogen-bond acceptors (Lipinski definition) is 6. The molecule has 3 aromatic rings. The third kappa shape index (κ3) is 4.37. The van der Waals surface area contributed by atoms with Crippen molar-refractivity contribution >= 4 is 34.8 Å². The fourth-order valence-corrected chi connectivity index (χ4v) is 4.09. The van der Waals surface area contributed by atoms with Crippen LogP contribution < -0.4 is 10.6 Å². The SMILES string of the molecule is Cc1ccc(-c2ocnc2C(=O)Nc2ncc(C3CCNCC3)s2)cc1.Cl. The lowest BCUT2D eigenvalue weighted by molar-refractivity contribution is 0.102. The van der Waals surface area contributed by atoms with Crippen molar-refractivity contribution in [1.29, 1.82) is 0 Å². The number of nitrogens with zero attached hydrogens (tertiary/aromatic N) is 2. The van der Waals surface area contributed by atoms with Crippen LogP contribution in [0.1, 0.15) is 39.7 Å². The number of carbonyl (C=O) groups excluding carboxylic acids is 1. The van der Waals surface area contributed by atoms with Crippen LogP contribution in [0.4, 0.5) is 5.13 Å². The first-order valence-electron chi connectivity index (χ1n) is 8.69. The molecule has 1 amide bonds. The second-order valence-corrected chi connectivity index (χ2v) is 7.50. The molecule has 2 N–H and O–H groups in total. The van der Waals surface area contributed by atoms with Gasteiger partial charge in [0, 0.05) is 16.6 Å². The van der Waals surface area contributed by atoms with E-state index in [2.05, 4.69) is 20.6 Å². The van der Waals surface area contributed by atoms with Crippen molar-refractivity contribution in [3.63, 3.8) is 0 Å². The monoisotopic (exact) mass is 404 g/mol. The Kier molecular flexibility index (Phi) is 6.26. The van der Waals surface area contributed by atoms with E-state index < -0.39 is 0 Å². The fourth-order valence-electron chi connectivity index (χ4n) is 3.11. The van der Waals surface area contributed by atoms with Crippen molar-refractivity contribution in [1.82, 2.24) is 15.3 Å². The number of aromatic nitrogens is 2. The molecule has 0 bridgehead atoms. The molecule has 0 spiro atoms. The largest absolute Gasteiger partial charge is 0.443 e. The smallest absolute Gasteiger partial charge is 0.280 e. The predicted octanol–water partition coefficient (Wildman–Crippen LogP) is 4.25. The van der Waals surface area contributed by atoms with Crippen molar-refractivity contribution in [3.05, 3.63) is 53.0 Å². The minimum absolute atomic E-state index is 0. The Balaban J connectivity index is 0.00000210. The van der Waals surface area contributed by atoms with E-state index >= 15 is 0 Å². The second-order valence-electron chi connectivity index (χ2n) is 6.44. The summed E-state index contributed by atoms with van der Waals surface area (Å²) >= 11 is 1.54. The molecule has 0 atom stereocenters. The maximum atomic E-state index is 12.6. The molecule has 142 valence electrons. The van der Waals surface area contributed by atoms with Crippen molar-refractivity contribution < 1.29 is 9.21 Å².